The first kappa shape index (κ1) is 14.4. The van der Waals surface area contributed by atoms with Crippen molar-refractivity contribution < 1.29 is 9.47 Å². The Morgan fingerprint density at radius 2 is 1.89 bits per heavy atom. The normalized spacial score (nSPS) is 12.2. The molecule has 0 amide bonds. The molecule has 1 atom stereocenters. The third-order valence-corrected chi connectivity index (χ3v) is 2.37. The van der Waals surface area contributed by atoms with Crippen LogP contribution in [-0.2, 0) is 4.74 Å². The summed E-state index contributed by atoms with van der Waals surface area (Å²) in [7, 11) is 1.61. The molecule has 1 aromatic rings. The third-order valence-electron chi connectivity index (χ3n) is 2.37. The van der Waals surface area contributed by atoms with Crippen molar-refractivity contribution >= 4 is 11.9 Å². The molecule has 0 aromatic carbocycles. The lowest BCUT2D eigenvalue weighted by atomic mass is 10.4. The molecule has 0 fully saturated rings. The van der Waals surface area contributed by atoms with Crippen LogP contribution < -0.4 is 15.4 Å². The quantitative estimate of drug-likeness (QED) is 0.768. The van der Waals surface area contributed by atoms with Gasteiger partial charge in [-0.1, -0.05) is 0 Å². The number of hydrogen-bond donors (Lipinski definition) is 1. The highest BCUT2D eigenvalue weighted by atomic mass is 16.5. The van der Waals surface area contributed by atoms with Gasteiger partial charge in [0.05, 0.1) is 6.61 Å². The Labute approximate surface area is 107 Å². The van der Waals surface area contributed by atoms with E-state index in [2.05, 4.69) is 15.0 Å². The minimum absolute atomic E-state index is 0.138. The summed E-state index contributed by atoms with van der Waals surface area (Å²) in [5, 5.41) is 0. The summed E-state index contributed by atoms with van der Waals surface area (Å²) in [6.45, 7) is 7.99. The summed E-state index contributed by atoms with van der Waals surface area (Å²) in [5.74, 6) is 0.693. The highest BCUT2D eigenvalue weighted by Crippen LogP contribution is 2.14. The molecule has 0 bridgehead atoms. The predicted molar refractivity (Wildman–Crippen MR) is 69.8 cm³/mol. The maximum Gasteiger partial charge on any atom is 0.323 e. The fraction of sp³-hybridized carbons (Fsp3) is 0.727. The molecule has 0 saturated carbocycles. The van der Waals surface area contributed by atoms with Crippen molar-refractivity contribution in [2.75, 3.05) is 37.4 Å². The first-order chi connectivity index (χ1) is 8.60. The SMILES string of the molecule is CCN(CC)c1nc(N)nc(OC(C)COC)n1. The van der Waals surface area contributed by atoms with Crippen LogP contribution in [0.25, 0.3) is 0 Å². The van der Waals surface area contributed by atoms with Crippen molar-refractivity contribution in [2.45, 2.75) is 26.9 Å². The number of aromatic nitrogens is 3. The molecule has 0 aliphatic heterocycles. The van der Waals surface area contributed by atoms with Gasteiger partial charge in [0.15, 0.2) is 0 Å². The summed E-state index contributed by atoms with van der Waals surface area (Å²) in [6.07, 6.45) is -0.138. The average molecular weight is 255 g/mol. The van der Waals surface area contributed by atoms with Crippen molar-refractivity contribution in [3.63, 3.8) is 0 Å². The second-order valence-electron chi connectivity index (χ2n) is 3.83. The van der Waals surface area contributed by atoms with Crippen molar-refractivity contribution in [1.82, 2.24) is 15.0 Å². The molecule has 18 heavy (non-hydrogen) atoms. The lowest BCUT2D eigenvalue weighted by Crippen LogP contribution is -2.26. The van der Waals surface area contributed by atoms with E-state index >= 15 is 0 Å². The Morgan fingerprint density at radius 1 is 1.22 bits per heavy atom. The van der Waals surface area contributed by atoms with Gasteiger partial charge in [0.1, 0.15) is 6.10 Å². The van der Waals surface area contributed by atoms with Crippen LogP contribution in [0, 0.1) is 0 Å². The molecule has 0 aliphatic carbocycles. The monoisotopic (exact) mass is 255 g/mol. The molecular weight excluding hydrogens is 234 g/mol. The fourth-order valence-corrected chi connectivity index (χ4v) is 1.51. The van der Waals surface area contributed by atoms with Crippen LogP contribution in [0.1, 0.15) is 20.8 Å². The maximum atomic E-state index is 5.66. The molecule has 1 rings (SSSR count). The van der Waals surface area contributed by atoms with E-state index in [0.717, 1.165) is 13.1 Å². The van der Waals surface area contributed by atoms with Crippen molar-refractivity contribution in [2.24, 2.45) is 0 Å². The van der Waals surface area contributed by atoms with Crippen molar-refractivity contribution in [3.05, 3.63) is 0 Å². The molecule has 1 heterocycles. The van der Waals surface area contributed by atoms with Crippen LogP contribution in [0.5, 0.6) is 6.01 Å². The van der Waals surface area contributed by atoms with Gasteiger partial charge in [-0.05, 0) is 20.8 Å². The van der Waals surface area contributed by atoms with Crippen molar-refractivity contribution in [3.8, 4) is 6.01 Å². The average Bonchev–Trinajstić information content (AvgIpc) is 2.30. The van der Waals surface area contributed by atoms with E-state index in [-0.39, 0.29) is 18.1 Å². The van der Waals surface area contributed by atoms with Crippen LogP contribution in [0.2, 0.25) is 0 Å². The third kappa shape index (κ3) is 3.99. The Morgan fingerprint density at radius 3 is 2.44 bits per heavy atom. The Hall–Kier alpha value is -1.63. The Bertz CT molecular complexity index is 370. The molecule has 0 saturated heterocycles. The van der Waals surface area contributed by atoms with Crippen LogP contribution >= 0.6 is 0 Å². The van der Waals surface area contributed by atoms with Crippen LogP contribution in [0.15, 0.2) is 0 Å². The van der Waals surface area contributed by atoms with E-state index in [0.29, 0.717) is 12.6 Å². The van der Waals surface area contributed by atoms with Gasteiger partial charge in [0.25, 0.3) is 0 Å². The maximum absolute atomic E-state index is 5.66. The van der Waals surface area contributed by atoms with Gasteiger partial charge < -0.3 is 20.1 Å². The van der Waals surface area contributed by atoms with Gasteiger partial charge in [-0.15, -0.1) is 0 Å². The molecule has 2 N–H and O–H groups in total. The standard InChI is InChI=1S/C11H21N5O2/c1-5-16(6-2)10-13-9(12)14-11(15-10)18-8(3)7-17-4/h8H,5-7H2,1-4H3,(H2,12,13,14,15). The number of hydrogen-bond acceptors (Lipinski definition) is 7. The van der Waals surface area contributed by atoms with Crippen molar-refractivity contribution in [1.29, 1.82) is 0 Å². The lowest BCUT2D eigenvalue weighted by Gasteiger charge is -2.19. The fourth-order valence-electron chi connectivity index (χ4n) is 1.51. The molecule has 7 heteroatoms. The zero-order valence-electron chi connectivity index (χ0n) is 11.4. The molecule has 7 nitrogen and oxygen atoms in total. The molecule has 0 aliphatic rings. The summed E-state index contributed by atoms with van der Waals surface area (Å²) >= 11 is 0. The number of nitrogens with zero attached hydrogens (tertiary/aromatic N) is 4. The second kappa shape index (κ2) is 6.95. The molecule has 0 spiro atoms. The molecule has 0 radical (unpaired) electrons. The van der Waals surface area contributed by atoms with Gasteiger partial charge in [-0.2, -0.15) is 15.0 Å². The summed E-state index contributed by atoms with van der Waals surface area (Å²) in [4.78, 5) is 14.3. The van der Waals surface area contributed by atoms with E-state index in [1.165, 1.54) is 0 Å². The first-order valence-electron chi connectivity index (χ1n) is 6.02. The summed E-state index contributed by atoms with van der Waals surface area (Å²) in [6, 6.07) is 0.231. The molecular formula is C11H21N5O2. The lowest BCUT2D eigenvalue weighted by molar-refractivity contribution is 0.0855. The minimum Gasteiger partial charge on any atom is -0.458 e. The number of nitrogens with two attached hydrogens (primary N) is 1. The van der Waals surface area contributed by atoms with Crippen LogP contribution in [0.4, 0.5) is 11.9 Å². The Kier molecular flexibility index (Phi) is 5.57. The second-order valence-corrected chi connectivity index (χ2v) is 3.83. The topological polar surface area (TPSA) is 86.4 Å². The molecule has 1 unspecified atom stereocenters. The molecule has 102 valence electrons. The summed E-state index contributed by atoms with van der Waals surface area (Å²) in [5.41, 5.74) is 5.66. The number of nitrogen functional groups attached to an aromatic ring is 1. The number of methoxy groups -OCH3 is 1. The van der Waals surface area contributed by atoms with Gasteiger partial charge >= 0.3 is 6.01 Å². The smallest absolute Gasteiger partial charge is 0.323 e. The van der Waals surface area contributed by atoms with E-state index in [1.807, 2.05) is 25.7 Å². The van der Waals surface area contributed by atoms with E-state index in [1.54, 1.807) is 7.11 Å². The number of ether oxygens (including phenoxy) is 2. The van der Waals surface area contributed by atoms with Gasteiger partial charge in [0.2, 0.25) is 11.9 Å². The van der Waals surface area contributed by atoms with E-state index in [9.17, 15) is 0 Å². The summed E-state index contributed by atoms with van der Waals surface area (Å²) < 4.78 is 10.5. The highest BCUT2D eigenvalue weighted by molar-refractivity contribution is 5.35. The molecule has 1 aromatic heterocycles. The van der Waals surface area contributed by atoms with Gasteiger partial charge in [0, 0.05) is 20.2 Å². The minimum atomic E-state index is -0.138. The van der Waals surface area contributed by atoms with Gasteiger partial charge in [-0.25, -0.2) is 0 Å². The number of anilines is 2. The largest absolute Gasteiger partial charge is 0.458 e. The highest BCUT2D eigenvalue weighted by Gasteiger charge is 2.12. The zero-order chi connectivity index (χ0) is 13.5. The number of rotatable bonds is 7. The van der Waals surface area contributed by atoms with Gasteiger partial charge in [-0.3, -0.25) is 0 Å². The van der Waals surface area contributed by atoms with E-state index < -0.39 is 0 Å². The van der Waals surface area contributed by atoms with E-state index in [4.69, 9.17) is 15.2 Å². The first-order valence-corrected chi connectivity index (χ1v) is 6.02. The Balaban J connectivity index is 2.86. The zero-order valence-corrected chi connectivity index (χ0v) is 11.4. The predicted octanol–water partition coefficient (Wildman–Crippen LogP) is 0.714. The van der Waals surface area contributed by atoms with Crippen LogP contribution in [0.3, 0.4) is 0 Å². The van der Waals surface area contributed by atoms with Crippen LogP contribution in [-0.4, -0.2) is 47.9 Å².